The highest BCUT2D eigenvalue weighted by molar-refractivity contribution is 5.77. The van der Waals surface area contributed by atoms with Gasteiger partial charge in [0.15, 0.2) is 0 Å². The molecule has 0 radical (unpaired) electrons. The minimum Gasteiger partial charge on any atom is -0.338 e. The molecule has 12 heteroatoms. The Morgan fingerprint density at radius 2 is 1.76 bits per heavy atom. The number of aryl methyl sites for hydroxylation is 1. The minimum absolute atomic E-state index is 0.00655. The van der Waals surface area contributed by atoms with Crippen molar-refractivity contribution in [1.82, 2.24) is 14.5 Å². The van der Waals surface area contributed by atoms with Crippen LogP contribution in [0.5, 0.6) is 0 Å². The first kappa shape index (κ1) is 24.3. The van der Waals surface area contributed by atoms with E-state index in [0.29, 0.717) is 0 Å². The molecule has 0 spiro atoms. The summed E-state index contributed by atoms with van der Waals surface area (Å²) in [6.45, 7) is -0.0618. The molecule has 0 aliphatic carbocycles. The van der Waals surface area contributed by atoms with Crippen molar-refractivity contribution in [3.8, 4) is 17.3 Å². The van der Waals surface area contributed by atoms with Gasteiger partial charge in [-0.1, -0.05) is 12.1 Å². The maximum absolute atomic E-state index is 12.8. The van der Waals surface area contributed by atoms with Crippen molar-refractivity contribution in [3.63, 3.8) is 0 Å². The summed E-state index contributed by atoms with van der Waals surface area (Å²) < 4.78 is 77.1. The molecule has 1 aliphatic heterocycles. The molecule has 0 saturated carbocycles. The molecule has 0 unspecified atom stereocenters. The van der Waals surface area contributed by atoms with E-state index >= 15 is 0 Å². The number of halogens is 6. The first-order valence-electron chi connectivity index (χ1n) is 9.90. The fraction of sp³-hybridized carbons (Fsp3) is 0.429. The van der Waals surface area contributed by atoms with E-state index in [9.17, 15) is 35.9 Å². The van der Waals surface area contributed by atoms with Crippen molar-refractivity contribution in [2.75, 3.05) is 13.1 Å². The van der Waals surface area contributed by atoms with Gasteiger partial charge in [-0.25, -0.2) is 4.98 Å². The summed E-state index contributed by atoms with van der Waals surface area (Å²) in [5.41, 5.74) is -1.45. The molecule has 0 atom stereocenters. The maximum Gasteiger partial charge on any atom is 0.416 e. The van der Waals surface area contributed by atoms with E-state index in [2.05, 4.69) is 4.98 Å². The van der Waals surface area contributed by atoms with Gasteiger partial charge in [-0.15, -0.1) is 0 Å². The summed E-state index contributed by atoms with van der Waals surface area (Å²) in [6.07, 6.45) is -10.8. The van der Waals surface area contributed by atoms with Crippen LogP contribution in [0.25, 0.3) is 11.3 Å². The van der Waals surface area contributed by atoms with E-state index in [-0.39, 0.29) is 48.9 Å². The predicted molar refractivity (Wildman–Crippen MR) is 104 cm³/mol. The quantitative estimate of drug-likeness (QED) is 0.600. The third-order valence-corrected chi connectivity index (χ3v) is 5.17. The number of likely N-dealkylation sites (tertiary alicyclic amines) is 1. The molecule has 0 N–H and O–H groups in total. The van der Waals surface area contributed by atoms with Gasteiger partial charge < -0.3 is 4.90 Å². The summed E-state index contributed by atoms with van der Waals surface area (Å²) in [6, 6.07) is 6.87. The van der Waals surface area contributed by atoms with Crippen molar-refractivity contribution in [3.05, 3.63) is 52.1 Å². The van der Waals surface area contributed by atoms with Gasteiger partial charge in [-0.3, -0.25) is 14.2 Å². The van der Waals surface area contributed by atoms with Gasteiger partial charge in [-0.2, -0.15) is 31.6 Å². The van der Waals surface area contributed by atoms with Crippen molar-refractivity contribution in [2.45, 2.75) is 38.2 Å². The molecule has 1 aromatic carbocycles. The summed E-state index contributed by atoms with van der Waals surface area (Å²) in [5, 5.41) is 8.82. The van der Waals surface area contributed by atoms with Crippen LogP contribution in [0.15, 0.2) is 35.1 Å². The third kappa shape index (κ3) is 6.12. The fourth-order valence-corrected chi connectivity index (χ4v) is 3.34. The zero-order valence-electron chi connectivity index (χ0n) is 17.1. The monoisotopic (exact) mass is 472 g/mol. The number of rotatable bonds is 6. The van der Waals surface area contributed by atoms with Crippen molar-refractivity contribution in [2.24, 2.45) is 5.92 Å². The van der Waals surface area contributed by atoms with Gasteiger partial charge in [0.05, 0.1) is 23.2 Å². The molecule has 3 rings (SSSR count). The summed E-state index contributed by atoms with van der Waals surface area (Å²) in [4.78, 5) is 30.7. The fourth-order valence-electron chi connectivity index (χ4n) is 3.34. The van der Waals surface area contributed by atoms with Crippen LogP contribution >= 0.6 is 0 Å². The smallest absolute Gasteiger partial charge is 0.338 e. The van der Waals surface area contributed by atoms with Crippen LogP contribution in [0.3, 0.4) is 0 Å². The van der Waals surface area contributed by atoms with Crippen molar-refractivity contribution < 1.29 is 31.1 Å². The van der Waals surface area contributed by atoms with E-state index in [4.69, 9.17) is 5.26 Å². The molecule has 0 bridgehead atoms. The third-order valence-electron chi connectivity index (χ3n) is 5.17. The van der Waals surface area contributed by atoms with E-state index in [1.54, 1.807) is 0 Å². The second-order valence-corrected chi connectivity index (χ2v) is 7.65. The lowest BCUT2D eigenvalue weighted by Gasteiger charge is -2.35. The largest absolute Gasteiger partial charge is 0.416 e. The molecule has 2 heterocycles. The molecule has 1 saturated heterocycles. The number of carbonyl (C=O) groups is 1. The molecule has 33 heavy (non-hydrogen) atoms. The van der Waals surface area contributed by atoms with Gasteiger partial charge in [0.1, 0.15) is 12.4 Å². The first-order valence-corrected chi connectivity index (χ1v) is 9.90. The summed E-state index contributed by atoms with van der Waals surface area (Å²) in [7, 11) is 0. The number of nitriles is 1. The Balaban J connectivity index is 1.89. The average molecular weight is 472 g/mol. The SMILES string of the molecule is N#CC1CN(C(=O)Cn2c(CCCC(F)(F)F)nc(-c3ccc(C(F)(F)F)cc3)cc2=O)C1. The molecule has 1 aliphatic rings. The van der Waals surface area contributed by atoms with Gasteiger partial charge in [-0.05, 0) is 18.6 Å². The number of hydrogen-bond donors (Lipinski definition) is 0. The van der Waals surface area contributed by atoms with Gasteiger partial charge in [0.2, 0.25) is 5.91 Å². The van der Waals surface area contributed by atoms with Crippen LogP contribution in [0.2, 0.25) is 0 Å². The highest BCUT2D eigenvalue weighted by Gasteiger charge is 2.32. The number of nitrogens with zero attached hydrogens (tertiary/aromatic N) is 4. The summed E-state index contributed by atoms with van der Waals surface area (Å²) in [5.74, 6) is -0.866. The Kier molecular flexibility index (Phi) is 6.81. The van der Waals surface area contributed by atoms with Crippen LogP contribution in [-0.2, 0) is 23.9 Å². The second kappa shape index (κ2) is 9.25. The predicted octanol–water partition coefficient (Wildman–Crippen LogP) is 3.80. The lowest BCUT2D eigenvalue weighted by Crippen LogP contribution is -2.51. The molecule has 2 aromatic rings. The molecule has 1 fully saturated rings. The van der Waals surface area contributed by atoms with Gasteiger partial charge in [0.25, 0.3) is 5.56 Å². The van der Waals surface area contributed by atoms with Crippen LogP contribution in [0.4, 0.5) is 26.3 Å². The Morgan fingerprint density at radius 1 is 1.12 bits per heavy atom. The van der Waals surface area contributed by atoms with Crippen LogP contribution in [0, 0.1) is 17.2 Å². The number of amides is 1. The standard InChI is InChI=1S/C21H18F6N4O2/c22-20(23,24)7-1-2-17-29-16(14-3-5-15(6-4-14)21(25,26)27)8-18(32)31(17)12-19(33)30-10-13(9-28)11-30/h3-6,8,13H,1-2,7,10-12H2. The van der Waals surface area contributed by atoms with Crippen molar-refractivity contribution >= 4 is 5.91 Å². The number of aromatic nitrogens is 2. The second-order valence-electron chi connectivity index (χ2n) is 7.65. The molecule has 176 valence electrons. The average Bonchev–Trinajstić information content (AvgIpc) is 2.68. The highest BCUT2D eigenvalue weighted by atomic mass is 19.4. The number of carbonyl (C=O) groups excluding carboxylic acids is 1. The Morgan fingerprint density at radius 3 is 2.30 bits per heavy atom. The molecular weight excluding hydrogens is 454 g/mol. The molecule has 1 amide bonds. The van der Waals surface area contributed by atoms with Crippen LogP contribution in [-0.4, -0.2) is 39.6 Å². The Labute approximate surface area is 184 Å². The lowest BCUT2D eigenvalue weighted by molar-refractivity contribution is -0.138. The zero-order chi connectivity index (χ0) is 24.4. The number of hydrogen-bond acceptors (Lipinski definition) is 4. The molecule has 1 aromatic heterocycles. The molecular formula is C21H18F6N4O2. The number of benzene rings is 1. The molecule has 6 nitrogen and oxygen atoms in total. The highest BCUT2D eigenvalue weighted by Crippen LogP contribution is 2.30. The Bertz CT molecular complexity index is 1110. The van der Waals surface area contributed by atoms with E-state index in [0.717, 1.165) is 34.9 Å². The minimum atomic E-state index is -4.56. The van der Waals surface area contributed by atoms with Crippen LogP contribution < -0.4 is 5.56 Å². The van der Waals surface area contributed by atoms with E-state index in [1.807, 2.05) is 6.07 Å². The Hall–Kier alpha value is -3.36. The maximum atomic E-state index is 12.8. The van der Waals surface area contributed by atoms with E-state index < -0.39 is 42.3 Å². The van der Waals surface area contributed by atoms with Gasteiger partial charge >= 0.3 is 12.4 Å². The summed E-state index contributed by atoms with van der Waals surface area (Å²) >= 11 is 0. The van der Waals surface area contributed by atoms with Gasteiger partial charge in [0, 0.05) is 37.6 Å². The lowest BCUT2D eigenvalue weighted by atomic mass is 10.0. The van der Waals surface area contributed by atoms with Crippen molar-refractivity contribution in [1.29, 1.82) is 5.26 Å². The van der Waals surface area contributed by atoms with E-state index in [1.165, 1.54) is 4.90 Å². The topological polar surface area (TPSA) is 79.0 Å². The first-order chi connectivity index (χ1) is 15.4. The zero-order valence-corrected chi connectivity index (χ0v) is 17.1. The van der Waals surface area contributed by atoms with Crippen LogP contribution in [0.1, 0.15) is 24.2 Å². The normalized spacial score (nSPS) is 14.6. The number of alkyl halides is 6.